The van der Waals surface area contributed by atoms with Crippen LogP contribution in [0.5, 0.6) is 5.75 Å². The monoisotopic (exact) mass is 396 g/mol. The van der Waals surface area contributed by atoms with Gasteiger partial charge in [0.25, 0.3) is 5.91 Å². The maximum Gasteiger partial charge on any atom is 0.344 e. The van der Waals surface area contributed by atoms with Gasteiger partial charge in [0, 0.05) is 20.2 Å². The number of hydrogen-bond donors (Lipinski definition) is 1. The number of esters is 1. The molecule has 0 aliphatic rings. The molecule has 0 saturated heterocycles. The van der Waals surface area contributed by atoms with Gasteiger partial charge in [0.1, 0.15) is 5.75 Å². The lowest BCUT2D eigenvalue weighted by Crippen LogP contribution is -2.39. The first kappa shape index (κ1) is 20.3. The standard InChI is InChI=1S/C14H15Cl3N2O5/c1-18-12(20)5-19(2)13(21)6-24-14(22)7-23-11-4-9(16)8(15)3-10(11)17/h3-4H,5-7H2,1-2H3,(H,18,20). The Hall–Kier alpha value is -1.70. The van der Waals surface area contributed by atoms with Crippen LogP contribution < -0.4 is 10.1 Å². The largest absolute Gasteiger partial charge is 0.480 e. The van der Waals surface area contributed by atoms with Gasteiger partial charge in [-0.25, -0.2) is 4.79 Å². The van der Waals surface area contributed by atoms with Crippen molar-refractivity contribution in [1.82, 2.24) is 10.2 Å². The highest BCUT2D eigenvalue weighted by Gasteiger charge is 2.15. The first-order chi connectivity index (χ1) is 11.2. The molecular formula is C14H15Cl3N2O5. The molecule has 0 spiro atoms. The van der Waals surface area contributed by atoms with E-state index in [1.807, 2.05) is 0 Å². The van der Waals surface area contributed by atoms with Gasteiger partial charge in [0.15, 0.2) is 13.2 Å². The molecule has 0 heterocycles. The van der Waals surface area contributed by atoms with Crippen molar-refractivity contribution in [2.24, 2.45) is 0 Å². The van der Waals surface area contributed by atoms with Gasteiger partial charge in [-0.05, 0) is 6.07 Å². The van der Waals surface area contributed by atoms with E-state index < -0.39 is 25.1 Å². The molecule has 10 heteroatoms. The molecule has 24 heavy (non-hydrogen) atoms. The number of ether oxygens (including phenoxy) is 2. The molecule has 0 atom stereocenters. The summed E-state index contributed by atoms with van der Waals surface area (Å²) in [6, 6.07) is 2.74. The van der Waals surface area contributed by atoms with Crippen molar-refractivity contribution in [3.63, 3.8) is 0 Å². The van der Waals surface area contributed by atoms with Crippen molar-refractivity contribution >= 4 is 52.6 Å². The Kier molecular flexibility index (Phi) is 8.10. The van der Waals surface area contributed by atoms with Crippen LogP contribution in [0.1, 0.15) is 0 Å². The van der Waals surface area contributed by atoms with Crippen LogP contribution in [-0.2, 0) is 19.1 Å². The Balaban J connectivity index is 2.43. The number of likely N-dealkylation sites (N-methyl/N-ethyl adjacent to an activating group) is 2. The molecule has 1 N–H and O–H groups in total. The molecule has 2 amide bonds. The van der Waals surface area contributed by atoms with Gasteiger partial charge >= 0.3 is 5.97 Å². The number of nitrogens with one attached hydrogen (secondary N) is 1. The number of carbonyl (C=O) groups excluding carboxylic acids is 3. The third-order valence-electron chi connectivity index (χ3n) is 2.76. The highest BCUT2D eigenvalue weighted by Crippen LogP contribution is 2.33. The van der Waals surface area contributed by atoms with Crippen LogP contribution in [0.3, 0.4) is 0 Å². The van der Waals surface area contributed by atoms with Gasteiger partial charge in [-0.3, -0.25) is 9.59 Å². The predicted octanol–water partition coefficient (Wildman–Crippen LogP) is 1.77. The Labute approximate surface area is 153 Å². The van der Waals surface area contributed by atoms with E-state index in [0.717, 1.165) is 4.90 Å². The predicted molar refractivity (Wildman–Crippen MR) is 89.6 cm³/mol. The van der Waals surface area contributed by atoms with Crippen molar-refractivity contribution in [1.29, 1.82) is 0 Å². The van der Waals surface area contributed by atoms with Crippen molar-refractivity contribution in [3.05, 3.63) is 27.2 Å². The zero-order valence-corrected chi connectivity index (χ0v) is 15.2. The maximum absolute atomic E-state index is 11.7. The van der Waals surface area contributed by atoms with Crippen LogP contribution in [-0.4, -0.2) is 56.5 Å². The van der Waals surface area contributed by atoms with Crippen molar-refractivity contribution in [2.75, 3.05) is 33.9 Å². The molecule has 0 fully saturated rings. The first-order valence-corrected chi connectivity index (χ1v) is 7.75. The summed E-state index contributed by atoms with van der Waals surface area (Å²) in [5, 5.41) is 3.02. The molecule has 0 saturated carbocycles. The molecule has 0 aliphatic carbocycles. The number of rotatable bonds is 7. The molecule has 0 bridgehead atoms. The van der Waals surface area contributed by atoms with Gasteiger partial charge in [-0.1, -0.05) is 34.8 Å². The number of benzene rings is 1. The lowest BCUT2D eigenvalue weighted by Gasteiger charge is -2.16. The minimum Gasteiger partial charge on any atom is -0.480 e. The fourth-order valence-corrected chi connectivity index (χ4v) is 2.02. The zero-order valence-electron chi connectivity index (χ0n) is 12.9. The minimum atomic E-state index is -0.779. The van der Waals surface area contributed by atoms with Gasteiger partial charge in [-0.15, -0.1) is 0 Å². The number of halogens is 3. The van der Waals surface area contributed by atoms with Crippen LogP contribution in [0, 0.1) is 0 Å². The van der Waals surface area contributed by atoms with Gasteiger partial charge in [0.2, 0.25) is 5.91 Å². The maximum atomic E-state index is 11.7. The molecule has 0 radical (unpaired) electrons. The quantitative estimate of drug-likeness (QED) is 0.560. The Morgan fingerprint density at radius 3 is 2.33 bits per heavy atom. The lowest BCUT2D eigenvalue weighted by molar-refractivity contribution is -0.153. The first-order valence-electron chi connectivity index (χ1n) is 6.62. The van der Waals surface area contributed by atoms with Crippen LogP contribution in [0.4, 0.5) is 0 Å². The van der Waals surface area contributed by atoms with E-state index in [4.69, 9.17) is 44.3 Å². The number of nitrogens with zero attached hydrogens (tertiary/aromatic N) is 1. The molecule has 0 aliphatic heterocycles. The Morgan fingerprint density at radius 2 is 1.71 bits per heavy atom. The van der Waals surface area contributed by atoms with E-state index in [-0.39, 0.29) is 33.3 Å². The van der Waals surface area contributed by atoms with Gasteiger partial charge < -0.3 is 19.7 Å². The third kappa shape index (κ3) is 6.43. The molecule has 1 aromatic carbocycles. The third-order valence-corrected chi connectivity index (χ3v) is 3.78. The highest BCUT2D eigenvalue weighted by atomic mass is 35.5. The van der Waals surface area contributed by atoms with E-state index in [0.29, 0.717) is 0 Å². The Bertz CT molecular complexity index is 639. The van der Waals surface area contributed by atoms with Crippen molar-refractivity contribution in [3.8, 4) is 5.75 Å². The van der Waals surface area contributed by atoms with E-state index in [9.17, 15) is 14.4 Å². The summed E-state index contributed by atoms with van der Waals surface area (Å²) < 4.78 is 9.94. The van der Waals surface area contributed by atoms with E-state index in [1.165, 1.54) is 26.2 Å². The number of carbonyl (C=O) groups is 3. The summed E-state index contributed by atoms with van der Waals surface area (Å²) in [6.45, 7) is -1.11. The van der Waals surface area contributed by atoms with Crippen LogP contribution in [0.15, 0.2) is 12.1 Å². The van der Waals surface area contributed by atoms with Crippen molar-refractivity contribution < 1.29 is 23.9 Å². The fraction of sp³-hybridized carbons (Fsp3) is 0.357. The highest BCUT2D eigenvalue weighted by molar-refractivity contribution is 6.43. The minimum absolute atomic E-state index is 0.137. The average molecular weight is 398 g/mol. The summed E-state index contributed by atoms with van der Waals surface area (Å²) in [4.78, 5) is 35.5. The summed E-state index contributed by atoms with van der Waals surface area (Å²) in [7, 11) is 2.86. The molecule has 1 aromatic rings. The van der Waals surface area contributed by atoms with Crippen LogP contribution in [0.2, 0.25) is 15.1 Å². The van der Waals surface area contributed by atoms with Crippen molar-refractivity contribution in [2.45, 2.75) is 0 Å². The summed E-state index contributed by atoms with van der Waals surface area (Å²) in [6.07, 6.45) is 0. The number of hydrogen-bond acceptors (Lipinski definition) is 5. The van der Waals surface area contributed by atoms with Gasteiger partial charge in [0.05, 0.1) is 21.6 Å². The summed E-state index contributed by atoms with van der Waals surface area (Å²) in [5.41, 5.74) is 0. The van der Waals surface area contributed by atoms with E-state index >= 15 is 0 Å². The molecule has 0 unspecified atom stereocenters. The topological polar surface area (TPSA) is 84.9 Å². The SMILES string of the molecule is CNC(=O)CN(C)C(=O)COC(=O)COc1cc(Cl)c(Cl)cc1Cl. The average Bonchev–Trinajstić information content (AvgIpc) is 2.54. The van der Waals surface area contributed by atoms with E-state index in [2.05, 4.69) is 5.32 Å². The summed E-state index contributed by atoms with van der Waals surface area (Å²) >= 11 is 17.5. The second-order valence-electron chi connectivity index (χ2n) is 4.57. The van der Waals surface area contributed by atoms with Gasteiger partial charge in [-0.2, -0.15) is 0 Å². The zero-order chi connectivity index (χ0) is 18.3. The fourth-order valence-electron chi connectivity index (χ4n) is 1.43. The summed E-state index contributed by atoms with van der Waals surface area (Å²) in [5.74, 6) is -1.49. The molecular weight excluding hydrogens is 383 g/mol. The smallest absolute Gasteiger partial charge is 0.344 e. The second kappa shape index (κ2) is 9.56. The van der Waals surface area contributed by atoms with Crippen LogP contribution in [0.25, 0.3) is 0 Å². The molecule has 7 nitrogen and oxygen atoms in total. The molecule has 0 aromatic heterocycles. The van der Waals surface area contributed by atoms with E-state index in [1.54, 1.807) is 0 Å². The number of amides is 2. The van der Waals surface area contributed by atoms with Crippen LogP contribution >= 0.6 is 34.8 Å². The molecule has 1 rings (SSSR count). The lowest BCUT2D eigenvalue weighted by atomic mass is 10.3. The Morgan fingerprint density at radius 1 is 1.08 bits per heavy atom. The normalized spacial score (nSPS) is 10.0. The molecule has 132 valence electrons. The second-order valence-corrected chi connectivity index (χ2v) is 5.79.